The number of methoxy groups -OCH3 is 1. The molecule has 0 atom stereocenters. The van der Waals surface area contributed by atoms with Crippen LogP contribution in [0.5, 0.6) is 5.75 Å². The predicted octanol–water partition coefficient (Wildman–Crippen LogP) is 4.52. The number of nitrogens with two attached hydrogens (primary N) is 1. The number of pyridine rings is 1. The Balaban J connectivity index is 1.57. The van der Waals surface area contributed by atoms with Gasteiger partial charge in [0.15, 0.2) is 5.82 Å². The molecular weight excluding hydrogens is 397 g/mol. The summed E-state index contributed by atoms with van der Waals surface area (Å²) in [6.45, 7) is 0.772. The van der Waals surface area contributed by atoms with Gasteiger partial charge in [0, 0.05) is 41.4 Å². The Kier molecular flexibility index (Phi) is 4.76. The Morgan fingerprint density at radius 2 is 1.90 bits per heavy atom. The first kappa shape index (κ1) is 19.1. The van der Waals surface area contributed by atoms with E-state index in [1.54, 1.807) is 19.4 Å². The lowest BCUT2D eigenvalue weighted by molar-refractivity contribution is 0.146. The fourth-order valence-corrected chi connectivity index (χ4v) is 3.68. The Morgan fingerprint density at radius 1 is 1.00 bits per heavy atom. The second-order valence-corrected chi connectivity index (χ2v) is 7.19. The number of anilines is 1. The van der Waals surface area contributed by atoms with Crippen molar-refractivity contribution in [2.75, 3.05) is 26.1 Å². The van der Waals surface area contributed by atoms with E-state index < -0.39 is 0 Å². The molecule has 0 saturated carbocycles. The van der Waals surface area contributed by atoms with Crippen molar-refractivity contribution >= 4 is 27.8 Å². The summed E-state index contributed by atoms with van der Waals surface area (Å²) in [6, 6.07) is 14.5. The van der Waals surface area contributed by atoms with Gasteiger partial charge >= 0.3 is 0 Å². The zero-order chi connectivity index (χ0) is 21.4. The summed E-state index contributed by atoms with van der Waals surface area (Å²) in [7, 11) is 1.59. The van der Waals surface area contributed by atoms with Gasteiger partial charge in [0.1, 0.15) is 23.8 Å². The number of nitrogens with one attached hydrogen (secondary N) is 2. The largest absolute Gasteiger partial charge is 0.491 e. The molecule has 8 heteroatoms. The number of nitrogens with zero attached hydrogens (tertiary/aromatic N) is 2. The van der Waals surface area contributed by atoms with Crippen LogP contribution in [0.4, 0.5) is 10.2 Å². The average molecular weight is 417 g/mol. The van der Waals surface area contributed by atoms with E-state index in [1.807, 2.05) is 30.3 Å². The molecule has 0 saturated heterocycles. The van der Waals surface area contributed by atoms with Crippen molar-refractivity contribution in [1.29, 1.82) is 0 Å². The van der Waals surface area contributed by atoms with Crippen LogP contribution in [-0.2, 0) is 4.74 Å². The van der Waals surface area contributed by atoms with Crippen LogP contribution in [-0.4, -0.2) is 40.5 Å². The second kappa shape index (κ2) is 7.73. The van der Waals surface area contributed by atoms with E-state index in [9.17, 15) is 4.39 Å². The molecule has 0 aliphatic heterocycles. The number of benzene rings is 2. The van der Waals surface area contributed by atoms with Crippen molar-refractivity contribution in [3.05, 3.63) is 60.5 Å². The van der Waals surface area contributed by atoms with E-state index in [4.69, 9.17) is 15.2 Å². The lowest BCUT2D eigenvalue weighted by atomic mass is 10.0. The Morgan fingerprint density at radius 3 is 2.77 bits per heavy atom. The topological polar surface area (TPSA) is 102 Å². The van der Waals surface area contributed by atoms with Gasteiger partial charge < -0.3 is 20.2 Å². The number of nitrogen functional groups attached to an aromatic ring is 1. The molecular formula is C23H20FN5O2. The SMILES string of the molecule is COCCOc1cc(F)cc(-c2cc3c(-c4ccc5[nH]nc(N)c5c4)ccnc3[nH]2)c1. The highest BCUT2D eigenvalue weighted by Crippen LogP contribution is 2.34. The van der Waals surface area contributed by atoms with Crippen LogP contribution in [0.2, 0.25) is 0 Å². The van der Waals surface area contributed by atoms with Crippen LogP contribution in [0.1, 0.15) is 0 Å². The molecule has 0 unspecified atom stereocenters. The van der Waals surface area contributed by atoms with Crippen LogP contribution in [0.3, 0.4) is 0 Å². The fourth-order valence-electron chi connectivity index (χ4n) is 3.68. The summed E-state index contributed by atoms with van der Waals surface area (Å²) in [6.07, 6.45) is 1.74. The van der Waals surface area contributed by atoms with Crippen LogP contribution in [0.25, 0.3) is 44.3 Å². The van der Waals surface area contributed by atoms with Crippen molar-refractivity contribution in [3.63, 3.8) is 0 Å². The van der Waals surface area contributed by atoms with E-state index in [0.29, 0.717) is 36.0 Å². The number of halogens is 1. The summed E-state index contributed by atoms with van der Waals surface area (Å²) in [4.78, 5) is 7.73. The van der Waals surface area contributed by atoms with E-state index >= 15 is 0 Å². The first-order valence-electron chi connectivity index (χ1n) is 9.77. The molecule has 4 N–H and O–H groups in total. The first-order valence-corrected chi connectivity index (χ1v) is 9.77. The molecule has 3 aromatic heterocycles. The molecule has 3 heterocycles. The number of H-pyrrole nitrogens is 2. The third-order valence-corrected chi connectivity index (χ3v) is 5.17. The molecule has 0 bridgehead atoms. The number of rotatable bonds is 6. The smallest absolute Gasteiger partial charge is 0.153 e. The number of aromatic nitrogens is 4. The molecule has 0 fully saturated rings. The van der Waals surface area contributed by atoms with E-state index in [-0.39, 0.29) is 5.82 Å². The quantitative estimate of drug-likeness (QED) is 0.353. The van der Waals surface area contributed by atoms with Crippen molar-refractivity contribution in [1.82, 2.24) is 20.2 Å². The highest BCUT2D eigenvalue weighted by Gasteiger charge is 2.13. The van der Waals surface area contributed by atoms with Crippen molar-refractivity contribution in [2.24, 2.45) is 0 Å². The molecule has 5 aromatic rings. The van der Waals surface area contributed by atoms with Crippen LogP contribution in [0, 0.1) is 5.82 Å². The molecule has 0 spiro atoms. The van der Waals surface area contributed by atoms with Gasteiger partial charge in [0.25, 0.3) is 0 Å². The van der Waals surface area contributed by atoms with Gasteiger partial charge in [-0.15, -0.1) is 0 Å². The second-order valence-electron chi connectivity index (χ2n) is 7.19. The van der Waals surface area contributed by atoms with Crippen molar-refractivity contribution < 1.29 is 13.9 Å². The summed E-state index contributed by atoms with van der Waals surface area (Å²) in [5.41, 5.74) is 10.9. The normalized spacial score (nSPS) is 11.4. The standard InChI is InChI=1S/C23H20FN5O2/c1-30-6-7-31-16-9-14(8-15(24)11-16)21-12-18-17(4-5-26-23(18)27-21)13-2-3-20-19(10-13)22(25)29-28-20/h2-5,8-12H,6-7H2,1H3,(H,26,27)(H3,25,28,29). The van der Waals surface area contributed by atoms with E-state index in [0.717, 1.165) is 33.1 Å². The average Bonchev–Trinajstić information content (AvgIpc) is 3.37. The molecule has 2 aromatic carbocycles. The zero-order valence-electron chi connectivity index (χ0n) is 16.8. The van der Waals surface area contributed by atoms with Gasteiger partial charge in [-0.25, -0.2) is 9.37 Å². The van der Waals surface area contributed by atoms with Gasteiger partial charge in [0.2, 0.25) is 0 Å². The Labute approximate surface area is 177 Å². The van der Waals surface area contributed by atoms with Crippen molar-refractivity contribution in [2.45, 2.75) is 0 Å². The van der Waals surface area contributed by atoms with Crippen molar-refractivity contribution in [3.8, 4) is 28.1 Å². The van der Waals surface area contributed by atoms with E-state index in [2.05, 4.69) is 20.2 Å². The minimum absolute atomic E-state index is 0.345. The molecule has 5 rings (SSSR count). The lowest BCUT2D eigenvalue weighted by Gasteiger charge is -2.07. The Hall–Kier alpha value is -3.91. The van der Waals surface area contributed by atoms with Gasteiger partial charge in [-0.1, -0.05) is 6.07 Å². The number of fused-ring (bicyclic) bond motifs is 2. The molecule has 0 radical (unpaired) electrons. The highest BCUT2D eigenvalue weighted by atomic mass is 19.1. The minimum Gasteiger partial charge on any atom is -0.491 e. The summed E-state index contributed by atoms with van der Waals surface area (Å²) in [5.74, 6) is 0.523. The van der Waals surface area contributed by atoms with E-state index in [1.165, 1.54) is 12.1 Å². The van der Waals surface area contributed by atoms with Crippen LogP contribution in [0.15, 0.2) is 54.7 Å². The van der Waals surface area contributed by atoms with Crippen LogP contribution < -0.4 is 10.5 Å². The number of hydrogen-bond donors (Lipinski definition) is 3. The van der Waals surface area contributed by atoms with Gasteiger partial charge in [-0.3, -0.25) is 5.10 Å². The highest BCUT2D eigenvalue weighted by molar-refractivity contribution is 5.99. The maximum absolute atomic E-state index is 14.2. The number of hydrogen-bond acceptors (Lipinski definition) is 5. The lowest BCUT2D eigenvalue weighted by Crippen LogP contribution is -2.04. The monoisotopic (exact) mass is 417 g/mol. The van der Waals surface area contributed by atoms with Gasteiger partial charge in [-0.05, 0) is 47.5 Å². The molecule has 0 amide bonds. The van der Waals surface area contributed by atoms with Crippen LogP contribution >= 0.6 is 0 Å². The Bertz CT molecular complexity index is 1390. The maximum atomic E-state index is 14.2. The molecule has 0 aliphatic rings. The number of ether oxygens (including phenoxy) is 2. The molecule has 156 valence electrons. The third kappa shape index (κ3) is 3.57. The van der Waals surface area contributed by atoms with Gasteiger partial charge in [-0.2, -0.15) is 5.10 Å². The predicted molar refractivity (Wildman–Crippen MR) is 118 cm³/mol. The minimum atomic E-state index is -0.377. The van der Waals surface area contributed by atoms with Gasteiger partial charge in [0.05, 0.1) is 12.1 Å². The summed E-state index contributed by atoms with van der Waals surface area (Å²) in [5, 5.41) is 8.75. The third-order valence-electron chi connectivity index (χ3n) is 5.17. The molecule has 31 heavy (non-hydrogen) atoms. The first-order chi connectivity index (χ1) is 15.1. The fraction of sp³-hybridized carbons (Fsp3) is 0.130. The molecule has 7 nitrogen and oxygen atoms in total. The summed E-state index contributed by atoms with van der Waals surface area (Å²) < 4.78 is 24.8. The maximum Gasteiger partial charge on any atom is 0.153 e. The molecule has 0 aliphatic carbocycles. The summed E-state index contributed by atoms with van der Waals surface area (Å²) >= 11 is 0. The zero-order valence-corrected chi connectivity index (χ0v) is 16.8. The number of aromatic amines is 2.